The second-order valence-electron chi connectivity index (χ2n) is 4.52. The molecule has 0 aliphatic heterocycles. The summed E-state index contributed by atoms with van der Waals surface area (Å²) < 4.78 is 1.82. The Morgan fingerprint density at radius 3 is 2.84 bits per heavy atom. The van der Waals surface area contributed by atoms with Crippen LogP contribution in [0.2, 0.25) is 5.02 Å². The number of anilines is 1. The minimum absolute atomic E-state index is 0.541. The van der Waals surface area contributed by atoms with Crippen LogP contribution in [0.15, 0.2) is 18.2 Å². The molecule has 5 nitrogen and oxygen atoms in total. The molecule has 19 heavy (non-hydrogen) atoms. The fraction of sp³-hybridized carbons (Fsp3) is 0.462. The predicted molar refractivity (Wildman–Crippen MR) is 76.8 cm³/mol. The maximum absolute atomic E-state index is 5.92. The van der Waals surface area contributed by atoms with Crippen LogP contribution in [-0.2, 0) is 6.54 Å². The van der Waals surface area contributed by atoms with Crippen molar-refractivity contribution in [3.05, 3.63) is 23.2 Å². The lowest BCUT2D eigenvalue weighted by atomic mass is 10.2. The molecule has 2 rings (SSSR count). The summed E-state index contributed by atoms with van der Waals surface area (Å²) in [5, 5.41) is 12.4. The minimum atomic E-state index is 0.541. The van der Waals surface area contributed by atoms with E-state index < -0.39 is 0 Å². The summed E-state index contributed by atoms with van der Waals surface area (Å²) in [4.78, 5) is 0. The van der Waals surface area contributed by atoms with Crippen LogP contribution in [-0.4, -0.2) is 20.2 Å². The van der Waals surface area contributed by atoms with Crippen molar-refractivity contribution in [2.75, 3.05) is 5.73 Å². The number of halogens is 1. The largest absolute Gasteiger partial charge is 0.398 e. The van der Waals surface area contributed by atoms with E-state index in [-0.39, 0.29) is 0 Å². The number of aryl methyl sites for hydroxylation is 1. The third kappa shape index (κ3) is 3.44. The number of hydrogen-bond donors (Lipinski definition) is 1. The van der Waals surface area contributed by atoms with E-state index >= 15 is 0 Å². The average Bonchev–Trinajstić information content (AvgIpc) is 2.86. The first-order valence-electron chi connectivity index (χ1n) is 6.54. The second-order valence-corrected chi connectivity index (χ2v) is 4.93. The lowest BCUT2D eigenvalue weighted by molar-refractivity contribution is 0.531. The zero-order valence-corrected chi connectivity index (χ0v) is 11.8. The minimum Gasteiger partial charge on any atom is -0.398 e. The van der Waals surface area contributed by atoms with Gasteiger partial charge in [-0.15, -0.1) is 5.10 Å². The van der Waals surface area contributed by atoms with Crippen molar-refractivity contribution in [3.8, 4) is 11.4 Å². The van der Waals surface area contributed by atoms with Gasteiger partial charge >= 0.3 is 0 Å². The Bertz CT molecular complexity index is 538. The molecule has 6 heteroatoms. The number of benzene rings is 1. The summed E-state index contributed by atoms with van der Waals surface area (Å²) in [5.74, 6) is 0.736. The van der Waals surface area contributed by atoms with Gasteiger partial charge in [-0.1, -0.05) is 37.8 Å². The molecule has 0 unspecified atom stereocenters. The van der Waals surface area contributed by atoms with Crippen molar-refractivity contribution in [1.82, 2.24) is 20.2 Å². The Kier molecular flexibility index (Phi) is 4.74. The van der Waals surface area contributed by atoms with Crippen molar-refractivity contribution < 1.29 is 0 Å². The molecule has 0 atom stereocenters. The zero-order chi connectivity index (χ0) is 13.7. The van der Waals surface area contributed by atoms with Gasteiger partial charge in [-0.3, -0.25) is 0 Å². The van der Waals surface area contributed by atoms with Crippen molar-refractivity contribution in [1.29, 1.82) is 0 Å². The number of rotatable bonds is 6. The van der Waals surface area contributed by atoms with E-state index in [4.69, 9.17) is 17.3 Å². The van der Waals surface area contributed by atoms with Gasteiger partial charge in [0.1, 0.15) is 0 Å². The van der Waals surface area contributed by atoms with E-state index in [1.807, 2.05) is 10.7 Å². The van der Waals surface area contributed by atoms with Crippen LogP contribution in [0.5, 0.6) is 0 Å². The van der Waals surface area contributed by atoms with Crippen LogP contribution in [0, 0.1) is 0 Å². The Morgan fingerprint density at radius 2 is 2.11 bits per heavy atom. The first-order chi connectivity index (χ1) is 9.22. The van der Waals surface area contributed by atoms with Crippen molar-refractivity contribution in [2.45, 2.75) is 39.2 Å². The molecule has 2 aromatic rings. The molecular weight excluding hydrogens is 262 g/mol. The molecular formula is C13H18ClN5. The van der Waals surface area contributed by atoms with Gasteiger partial charge in [0.25, 0.3) is 0 Å². The fourth-order valence-electron chi connectivity index (χ4n) is 1.93. The zero-order valence-electron chi connectivity index (χ0n) is 11.0. The summed E-state index contributed by atoms with van der Waals surface area (Å²) in [6, 6.07) is 5.45. The van der Waals surface area contributed by atoms with Gasteiger partial charge < -0.3 is 5.73 Å². The van der Waals surface area contributed by atoms with E-state index in [2.05, 4.69) is 22.4 Å². The summed E-state index contributed by atoms with van der Waals surface area (Å²) >= 11 is 5.92. The lowest BCUT2D eigenvalue weighted by Crippen LogP contribution is -2.03. The number of aromatic nitrogens is 4. The Balaban J connectivity index is 2.12. The topological polar surface area (TPSA) is 69.6 Å². The van der Waals surface area contributed by atoms with E-state index in [1.165, 1.54) is 19.3 Å². The SMILES string of the molecule is CCCCCCn1nnnc1-c1ccc(Cl)c(N)c1. The van der Waals surface area contributed by atoms with Crippen molar-refractivity contribution in [2.24, 2.45) is 0 Å². The molecule has 102 valence electrons. The van der Waals surface area contributed by atoms with E-state index in [9.17, 15) is 0 Å². The van der Waals surface area contributed by atoms with Crippen molar-refractivity contribution in [3.63, 3.8) is 0 Å². The Hall–Kier alpha value is -1.62. The third-order valence-electron chi connectivity index (χ3n) is 3.01. The van der Waals surface area contributed by atoms with Gasteiger partial charge in [0.2, 0.25) is 0 Å². The molecule has 1 aromatic heterocycles. The number of unbranched alkanes of at least 4 members (excludes halogenated alkanes) is 3. The normalized spacial score (nSPS) is 10.8. The van der Waals surface area contributed by atoms with E-state index in [0.29, 0.717) is 10.7 Å². The molecule has 0 saturated carbocycles. The van der Waals surface area contributed by atoms with Crippen LogP contribution in [0.4, 0.5) is 5.69 Å². The highest BCUT2D eigenvalue weighted by Crippen LogP contribution is 2.25. The predicted octanol–water partition coefficient (Wildman–Crippen LogP) is 3.16. The molecule has 1 aromatic carbocycles. The quantitative estimate of drug-likeness (QED) is 0.651. The van der Waals surface area contributed by atoms with Gasteiger partial charge in [0.15, 0.2) is 5.82 Å². The van der Waals surface area contributed by atoms with Crippen LogP contribution >= 0.6 is 11.6 Å². The highest BCUT2D eigenvalue weighted by molar-refractivity contribution is 6.33. The lowest BCUT2D eigenvalue weighted by Gasteiger charge is -2.06. The molecule has 0 amide bonds. The van der Waals surface area contributed by atoms with Crippen molar-refractivity contribution >= 4 is 17.3 Å². The maximum atomic E-state index is 5.92. The van der Waals surface area contributed by atoms with Gasteiger partial charge in [-0.2, -0.15) is 0 Å². The molecule has 0 aliphatic carbocycles. The molecule has 0 spiro atoms. The Labute approximate surface area is 117 Å². The van der Waals surface area contributed by atoms with Crippen LogP contribution in [0.1, 0.15) is 32.6 Å². The average molecular weight is 280 g/mol. The number of tetrazole rings is 1. The molecule has 0 bridgehead atoms. The summed E-state index contributed by atoms with van der Waals surface area (Å²) in [6.45, 7) is 3.02. The maximum Gasteiger partial charge on any atom is 0.182 e. The van der Waals surface area contributed by atoms with Gasteiger partial charge in [0, 0.05) is 12.1 Å². The highest BCUT2D eigenvalue weighted by Gasteiger charge is 2.09. The van der Waals surface area contributed by atoms with Gasteiger partial charge in [-0.25, -0.2) is 4.68 Å². The van der Waals surface area contributed by atoms with Crippen LogP contribution in [0.3, 0.4) is 0 Å². The summed E-state index contributed by atoms with van der Waals surface area (Å²) in [6.07, 6.45) is 4.73. The van der Waals surface area contributed by atoms with Crippen LogP contribution in [0.25, 0.3) is 11.4 Å². The fourth-order valence-corrected chi connectivity index (χ4v) is 2.05. The molecule has 0 saturated heterocycles. The first kappa shape index (κ1) is 13.8. The second kappa shape index (κ2) is 6.52. The standard InChI is InChI=1S/C13H18ClN5/c1-2-3-4-5-8-19-13(16-17-18-19)10-6-7-11(14)12(15)9-10/h6-7,9H,2-5,8,15H2,1H3. The van der Waals surface area contributed by atoms with Gasteiger partial charge in [0.05, 0.1) is 10.7 Å². The number of nitrogens with zero attached hydrogens (tertiary/aromatic N) is 4. The molecule has 0 fully saturated rings. The van der Waals surface area contributed by atoms with E-state index in [0.717, 1.165) is 24.4 Å². The third-order valence-corrected chi connectivity index (χ3v) is 3.35. The molecule has 0 aliphatic rings. The number of nitrogens with two attached hydrogens (primary N) is 1. The Morgan fingerprint density at radius 1 is 1.26 bits per heavy atom. The van der Waals surface area contributed by atoms with Gasteiger partial charge in [-0.05, 0) is 35.0 Å². The number of hydrogen-bond acceptors (Lipinski definition) is 4. The molecule has 1 heterocycles. The smallest absolute Gasteiger partial charge is 0.182 e. The summed E-state index contributed by atoms with van der Waals surface area (Å²) in [7, 11) is 0. The number of nitrogen functional groups attached to an aromatic ring is 1. The highest BCUT2D eigenvalue weighted by atomic mass is 35.5. The summed E-state index contributed by atoms with van der Waals surface area (Å²) in [5.41, 5.74) is 7.24. The first-order valence-corrected chi connectivity index (χ1v) is 6.91. The van der Waals surface area contributed by atoms with Crippen LogP contribution < -0.4 is 5.73 Å². The van der Waals surface area contributed by atoms with E-state index in [1.54, 1.807) is 12.1 Å². The molecule has 0 radical (unpaired) electrons. The monoisotopic (exact) mass is 279 g/mol. The molecule has 2 N–H and O–H groups in total.